The lowest BCUT2D eigenvalue weighted by Gasteiger charge is -1.83. The molecule has 0 unspecified atom stereocenters. The van der Waals surface area contributed by atoms with Crippen LogP contribution in [0.25, 0.3) is 0 Å². The second-order valence-electron chi connectivity index (χ2n) is 3.53. The van der Waals surface area contributed by atoms with Gasteiger partial charge in [0, 0.05) is 30.7 Å². The first-order valence-corrected chi connectivity index (χ1v) is 12.7. The fourth-order valence-corrected chi connectivity index (χ4v) is 6.49. The topological polar surface area (TPSA) is 68.3 Å². The normalized spacial score (nSPS) is 11.9. The highest BCUT2D eigenvalue weighted by atomic mass is 79.9. The van der Waals surface area contributed by atoms with Gasteiger partial charge in [0.05, 0.1) is 5.02 Å². The molecule has 13 heteroatoms. The maximum absolute atomic E-state index is 10.8. The van der Waals surface area contributed by atoms with Gasteiger partial charge in [-0.15, -0.1) is 22.7 Å². The van der Waals surface area contributed by atoms with E-state index in [0.717, 1.165) is 32.0 Å². The van der Waals surface area contributed by atoms with Crippen LogP contribution in [0.4, 0.5) is 0 Å². The van der Waals surface area contributed by atoms with Gasteiger partial charge in [0.2, 0.25) is 0 Å². The number of halogens is 5. The van der Waals surface area contributed by atoms with E-state index >= 15 is 0 Å². The quantitative estimate of drug-likeness (QED) is 0.469. The van der Waals surface area contributed by atoms with Crippen molar-refractivity contribution in [2.45, 2.75) is 15.3 Å². The van der Waals surface area contributed by atoms with Gasteiger partial charge in [0.15, 0.2) is 0 Å². The Labute approximate surface area is 162 Å². The summed E-state index contributed by atoms with van der Waals surface area (Å²) in [7, 11) is 2.89. The zero-order valence-corrected chi connectivity index (χ0v) is 18.2. The molecule has 0 amide bonds. The van der Waals surface area contributed by atoms with Gasteiger partial charge in [-0.25, -0.2) is 16.8 Å². The Morgan fingerprint density at radius 2 is 1.41 bits per heavy atom. The van der Waals surface area contributed by atoms with Crippen LogP contribution in [0.1, 0.15) is 4.88 Å². The first-order chi connectivity index (χ1) is 9.82. The van der Waals surface area contributed by atoms with E-state index in [0.29, 0.717) is 0 Å². The van der Waals surface area contributed by atoms with E-state index in [1.54, 1.807) is 0 Å². The lowest BCUT2D eigenvalue weighted by molar-refractivity contribution is 0.609. The van der Waals surface area contributed by atoms with E-state index in [1.165, 1.54) is 12.1 Å². The number of thiophene rings is 2. The van der Waals surface area contributed by atoms with Crippen LogP contribution in [-0.2, 0) is 18.1 Å². The lowest BCUT2D eigenvalue weighted by Crippen LogP contribution is -1.83. The van der Waals surface area contributed by atoms with Gasteiger partial charge in [-0.05, 0) is 35.0 Å². The van der Waals surface area contributed by atoms with Gasteiger partial charge in [0.25, 0.3) is 18.1 Å². The van der Waals surface area contributed by atoms with Gasteiger partial charge in [-0.1, -0.05) is 23.2 Å². The summed E-state index contributed by atoms with van der Waals surface area (Å²) in [6.07, 6.45) is 0. The molecule has 0 saturated carbocycles. The standard InChI is InChI=1S/C5H4BrClO2S2.C4HCl3O2S2/c1-3-4(6)2-5(10-3)11(7,8)9;5-2-1-3(10-4(2)6)11(7,8)9/h2H,1H3;1H. The smallest absolute Gasteiger partial charge is 0.206 e. The highest BCUT2D eigenvalue weighted by Gasteiger charge is 2.16. The Kier molecular flexibility index (Phi) is 7.52. The largest absolute Gasteiger partial charge is 0.270 e. The monoisotopic (exact) mass is 524 g/mol. The maximum Gasteiger partial charge on any atom is 0.270 e. The van der Waals surface area contributed by atoms with Gasteiger partial charge >= 0.3 is 0 Å². The first-order valence-electron chi connectivity index (χ1n) is 4.92. The highest BCUT2D eigenvalue weighted by molar-refractivity contribution is 9.10. The SMILES string of the molecule is Cc1sc(S(=O)(=O)Cl)cc1Br.O=S(=O)(Cl)c1cc(Cl)c(Cl)s1. The molecule has 0 N–H and O–H groups in total. The highest BCUT2D eigenvalue weighted by Crippen LogP contribution is 2.35. The second kappa shape index (κ2) is 7.88. The van der Waals surface area contributed by atoms with Crippen molar-refractivity contribution in [1.82, 2.24) is 0 Å². The first kappa shape index (κ1) is 21.0. The number of aryl methyl sites for hydroxylation is 1. The Bertz CT molecular complexity index is 772. The molecule has 0 aromatic carbocycles. The summed E-state index contributed by atoms with van der Waals surface area (Å²) in [5.74, 6) is 0. The molecule has 4 nitrogen and oxygen atoms in total. The van der Waals surface area contributed by atoms with Crippen LogP contribution in [0.5, 0.6) is 0 Å². The minimum atomic E-state index is -3.68. The van der Waals surface area contributed by atoms with E-state index in [2.05, 4.69) is 15.9 Å². The predicted octanol–water partition coefficient (Wildman–Crippen LogP) is 5.73. The van der Waals surface area contributed by atoms with Crippen molar-refractivity contribution in [3.8, 4) is 0 Å². The zero-order valence-electron chi connectivity index (χ0n) is 10.3. The van der Waals surface area contributed by atoms with Gasteiger partial charge < -0.3 is 0 Å². The number of hydrogen-bond donors (Lipinski definition) is 0. The molecule has 0 spiro atoms. The van der Waals surface area contributed by atoms with E-state index in [-0.39, 0.29) is 17.8 Å². The van der Waals surface area contributed by atoms with Crippen molar-refractivity contribution in [3.05, 3.63) is 30.8 Å². The van der Waals surface area contributed by atoms with Gasteiger partial charge in [0.1, 0.15) is 12.8 Å². The molecule has 2 aromatic rings. The summed E-state index contributed by atoms with van der Waals surface area (Å²) in [6.45, 7) is 1.82. The van der Waals surface area contributed by atoms with Crippen LogP contribution >= 0.6 is 83.2 Å². The van der Waals surface area contributed by atoms with Crippen LogP contribution in [0.2, 0.25) is 9.36 Å². The molecular weight excluding hydrogens is 522 g/mol. The van der Waals surface area contributed by atoms with Crippen molar-refractivity contribution in [3.63, 3.8) is 0 Å². The van der Waals surface area contributed by atoms with Crippen LogP contribution in [0, 0.1) is 6.92 Å². The minimum absolute atomic E-state index is 0.0332. The molecule has 2 aromatic heterocycles. The molecule has 0 atom stereocenters. The Hall–Kier alpha value is 0.940. The number of hydrogen-bond acceptors (Lipinski definition) is 6. The molecule has 0 aliphatic rings. The van der Waals surface area contributed by atoms with E-state index in [4.69, 9.17) is 44.6 Å². The summed E-state index contributed by atoms with van der Waals surface area (Å²) in [5, 5.41) is 0.205. The van der Waals surface area contributed by atoms with Crippen LogP contribution in [0.15, 0.2) is 25.0 Å². The maximum atomic E-state index is 10.8. The van der Waals surface area contributed by atoms with Crippen LogP contribution in [0.3, 0.4) is 0 Å². The van der Waals surface area contributed by atoms with Crippen molar-refractivity contribution < 1.29 is 16.8 Å². The molecular formula is C9H5BrCl4O4S4. The third kappa shape index (κ3) is 6.10. The summed E-state index contributed by atoms with van der Waals surface area (Å²) in [6, 6.07) is 2.72. The third-order valence-electron chi connectivity index (χ3n) is 1.94. The van der Waals surface area contributed by atoms with Crippen LogP contribution in [-0.4, -0.2) is 16.8 Å². The Morgan fingerprint density at radius 3 is 1.59 bits per heavy atom. The zero-order chi connectivity index (χ0) is 17.3. The van der Waals surface area contributed by atoms with E-state index in [9.17, 15) is 16.8 Å². The van der Waals surface area contributed by atoms with Gasteiger partial charge in [-0.2, -0.15) is 0 Å². The fraction of sp³-hybridized carbons (Fsp3) is 0.111. The minimum Gasteiger partial charge on any atom is -0.206 e. The molecule has 0 aliphatic heterocycles. The molecule has 0 aliphatic carbocycles. The number of rotatable bonds is 2. The van der Waals surface area contributed by atoms with E-state index < -0.39 is 18.1 Å². The molecule has 0 fully saturated rings. The van der Waals surface area contributed by atoms with Gasteiger partial charge in [-0.3, -0.25) is 0 Å². The predicted molar refractivity (Wildman–Crippen MR) is 97.2 cm³/mol. The molecule has 124 valence electrons. The molecule has 2 heterocycles. The summed E-state index contributed by atoms with van der Waals surface area (Å²) >= 11 is 16.2. The molecule has 0 saturated heterocycles. The van der Waals surface area contributed by atoms with E-state index in [1.807, 2.05) is 6.92 Å². The average molecular weight is 527 g/mol. The Balaban J connectivity index is 0.000000220. The summed E-state index contributed by atoms with van der Waals surface area (Å²) < 4.78 is 44.0. The van der Waals surface area contributed by atoms with Crippen molar-refractivity contribution in [1.29, 1.82) is 0 Å². The second-order valence-corrected chi connectivity index (χ2v) is 13.3. The third-order valence-corrected chi connectivity index (χ3v) is 10.1. The Morgan fingerprint density at radius 1 is 0.955 bits per heavy atom. The average Bonchev–Trinajstić information content (AvgIpc) is 2.84. The van der Waals surface area contributed by atoms with Crippen LogP contribution < -0.4 is 0 Å². The molecule has 0 radical (unpaired) electrons. The summed E-state index contributed by atoms with van der Waals surface area (Å²) in [4.78, 5) is 0.907. The fourth-order valence-electron chi connectivity index (χ4n) is 1.00. The van der Waals surface area contributed by atoms with Crippen molar-refractivity contribution >= 4 is 101 Å². The lowest BCUT2D eigenvalue weighted by atomic mass is 10.5. The summed E-state index contributed by atoms with van der Waals surface area (Å²) in [5.41, 5.74) is 0. The van der Waals surface area contributed by atoms with Crippen molar-refractivity contribution in [2.24, 2.45) is 0 Å². The molecule has 22 heavy (non-hydrogen) atoms. The van der Waals surface area contributed by atoms with Crippen molar-refractivity contribution in [2.75, 3.05) is 0 Å². The molecule has 2 rings (SSSR count). The molecule has 0 bridgehead atoms.